The second-order valence-corrected chi connectivity index (χ2v) is 8.34. The molecule has 0 unspecified atom stereocenters. The van der Waals surface area contributed by atoms with E-state index in [1.165, 1.54) is 6.07 Å². The number of benzene rings is 2. The fourth-order valence-electron chi connectivity index (χ4n) is 2.92. The Morgan fingerprint density at radius 1 is 1.17 bits per heavy atom. The second kappa shape index (κ2) is 8.39. The molecule has 154 valence electrons. The lowest BCUT2D eigenvalue weighted by Crippen LogP contribution is -2.38. The van der Waals surface area contributed by atoms with Crippen LogP contribution in [0.2, 0.25) is 10.0 Å². The molecule has 8 heteroatoms. The first-order valence-electron chi connectivity index (χ1n) is 8.99. The van der Waals surface area contributed by atoms with Crippen molar-refractivity contribution in [2.24, 2.45) is 0 Å². The maximum Gasteiger partial charge on any atom is 0.422 e. The quantitative estimate of drug-likeness (QED) is 0.565. The minimum absolute atomic E-state index is 0.165. The van der Waals surface area contributed by atoms with Crippen molar-refractivity contribution in [1.82, 2.24) is 0 Å². The Bertz CT molecular complexity index is 1100. The van der Waals surface area contributed by atoms with Crippen LogP contribution in [0.4, 0.5) is 10.5 Å². The molecule has 0 N–H and O–H groups in total. The number of carbonyl (C=O) groups is 2. The van der Waals surface area contributed by atoms with Gasteiger partial charge in [0.15, 0.2) is 6.61 Å². The molecule has 2 amide bonds. The van der Waals surface area contributed by atoms with Crippen molar-refractivity contribution >= 4 is 52.5 Å². The van der Waals surface area contributed by atoms with E-state index in [2.05, 4.69) is 0 Å². The number of halogens is 2. The van der Waals surface area contributed by atoms with E-state index in [0.29, 0.717) is 32.6 Å². The lowest BCUT2D eigenvalue weighted by Gasteiger charge is -2.23. The van der Waals surface area contributed by atoms with Crippen molar-refractivity contribution in [3.63, 3.8) is 0 Å². The van der Waals surface area contributed by atoms with E-state index in [1.807, 2.05) is 6.07 Å². The summed E-state index contributed by atoms with van der Waals surface area (Å²) in [6.07, 6.45) is 0.768. The van der Waals surface area contributed by atoms with Gasteiger partial charge in [-0.3, -0.25) is 4.79 Å². The SMILES string of the molecule is CC(C)(C)OC(=O)N1C(=O)/C(=C\c2cc(Cl)ccc2OCC#N)c2ccc(Cl)cc21. The van der Waals surface area contributed by atoms with Gasteiger partial charge in [0.05, 0.1) is 11.3 Å². The number of amides is 2. The maximum absolute atomic E-state index is 13.2. The summed E-state index contributed by atoms with van der Waals surface area (Å²) >= 11 is 12.2. The van der Waals surface area contributed by atoms with Crippen molar-refractivity contribution in [1.29, 1.82) is 5.26 Å². The van der Waals surface area contributed by atoms with E-state index in [4.69, 9.17) is 37.9 Å². The third-order valence-electron chi connectivity index (χ3n) is 4.06. The lowest BCUT2D eigenvalue weighted by molar-refractivity contribution is -0.112. The summed E-state index contributed by atoms with van der Waals surface area (Å²) in [6, 6.07) is 11.6. The Labute approximate surface area is 184 Å². The zero-order chi connectivity index (χ0) is 22.1. The molecule has 0 bridgehead atoms. The lowest BCUT2D eigenvalue weighted by atomic mass is 10.0. The molecule has 3 rings (SSSR count). The number of carbonyl (C=O) groups excluding carboxylic acids is 2. The van der Waals surface area contributed by atoms with Crippen LogP contribution in [0.1, 0.15) is 31.9 Å². The molecule has 0 saturated heterocycles. The van der Waals surface area contributed by atoms with Gasteiger partial charge in [0.1, 0.15) is 17.4 Å². The van der Waals surface area contributed by atoms with Crippen molar-refractivity contribution in [3.05, 3.63) is 57.6 Å². The number of hydrogen-bond donors (Lipinski definition) is 0. The van der Waals surface area contributed by atoms with Crippen molar-refractivity contribution in [2.75, 3.05) is 11.5 Å². The Morgan fingerprint density at radius 3 is 2.50 bits per heavy atom. The number of anilines is 1. The summed E-state index contributed by atoms with van der Waals surface area (Å²) in [7, 11) is 0. The van der Waals surface area contributed by atoms with Gasteiger partial charge in [-0.2, -0.15) is 5.26 Å². The van der Waals surface area contributed by atoms with Gasteiger partial charge in [-0.15, -0.1) is 0 Å². The third-order valence-corrected chi connectivity index (χ3v) is 4.53. The van der Waals surface area contributed by atoms with Gasteiger partial charge in [0.2, 0.25) is 0 Å². The number of hydrogen-bond acceptors (Lipinski definition) is 5. The number of nitrogens with zero attached hydrogens (tertiary/aromatic N) is 2. The Balaban J connectivity index is 2.12. The van der Waals surface area contributed by atoms with Crippen molar-refractivity contribution in [3.8, 4) is 11.8 Å². The number of fused-ring (bicyclic) bond motifs is 1. The van der Waals surface area contributed by atoms with Crippen LogP contribution in [-0.2, 0) is 9.53 Å². The molecular formula is C22H18Cl2N2O4. The molecule has 0 spiro atoms. The average molecular weight is 445 g/mol. The molecule has 30 heavy (non-hydrogen) atoms. The van der Waals surface area contributed by atoms with Gasteiger partial charge in [-0.1, -0.05) is 29.3 Å². The number of nitriles is 1. The first-order chi connectivity index (χ1) is 14.1. The molecule has 0 atom stereocenters. The van der Waals surface area contributed by atoms with Crippen LogP contribution >= 0.6 is 23.2 Å². The minimum Gasteiger partial charge on any atom is -0.478 e. The normalized spacial score (nSPS) is 14.5. The van der Waals surface area contributed by atoms with E-state index in [1.54, 1.807) is 57.2 Å². The van der Waals surface area contributed by atoms with E-state index in [-0.39, 0.29) is 12.2 Å². The highest BCUT2D eigenvalue weighted by atomic mass is 35.5. The van der Waals surface area contributed by atoms with Gasteiger partial charge in [0, 0.05) is 21.2 Å². The van der Waals surface area contributed by atoms with Gasteiger partial charge < -0.3 is 9.47 Å². The standard InChI is InChI=1S/C22H18Cl2N2O4/c1-22(2,3)30-21(28)26-18-12-15(24)4-6-16(18)17(20(26)27)11-13-10-14(23)5-7-19(13)29-9-8-25/h4-7,10-12H,9H2,1-3H3/b17-11-. The molecule has 1 aliphatic heterocycles. The predicted molar refractivity (Wildman–Crippen MR) is 116 cm³/mol. The average Bonchev–Trinajstić information content (AvgIpc) is 2.90. The van der Waals surface area contributed by atoms with Gasteiger partial charge >= 0.3 is 6.09 Å². The summed E-state index contributed by atoms with van der Waals surface area (Å²) in [5, 5.41) is 9.60. The van der Waals surface area contributed by atoms with Crippen LogP contribution in [0.5, 0.6) is 5.75 Å². The highest BCUT2D eigenvalue weighted by molar-refractivity contribution is 6.42. The van der Waals surface area contributed by atoms with Gasteiger partial charge in [-0.25, -0.2) is 9.69 Å². The Morgan fingerprint density at radius 2 is 1.83 bits per heavy atom. The first-order valence-corrected chi connectivity index (χ1v) is 9.74. The van der Waals surface area contributed by atoms with E-state index in [9.17, 15) is 9.59 Å². The molecule has 0 aromatic heterocycles. The fourth-order valence-corrected chi connectivity index (χ4v) is 3.27. The largest absolute Gasteiger partial charge is 0.478 e. The molecule has 2 aromatic carbocycles. The molecule has 0 fully saturated rings. The van der Waals surface area contributed by atoms with Crippen LogP contribution < -0.4 is 9.64 Å². The predicted octanol–water partition coefficient (Wildman–Crippen LogP) is 5.72. The fraction of sp³-hybridized carbons (Fsp3) is 0.227. The zero-order valence-electron chi connectivity index (χ0n) is 16.5. The topological polar surface area (TPSA) is 79.6 Å². The highest BCUT2D eigenvalue weighted by Gasteiger charge is 2.39. The summed E-state index contributed by atoms with van der Waals surface area (Å²) in [4.78, 5) is 26.9. The minimum atomic E-state index is -0.800. The van der Waals surface area contributed by atoms with Gasteiger partial charge in [0.25, 0.3) is 5.91 Å². The summed E-state index contributed by atoms with van der Waals surface area (Å²) < 4.78 is 10.8. The summed E-state index contributed by atoms with van der Waals surface area (Å²) in [6.45, 7) is 4.98. The molecule has 1 heterocycles. The highest BCUT2D eigenvalue weighted by Crippen LogP contribution is 2.41. The van der Waals surface area contributed by atoms with E-state index >= 15 is 0 Å². The molecule has 1 aliphatic rings. The molecule has 0 aliphatic carbocycles. The molecule has 2 aromatic rings. The number of rotatable bonds is 3. The van der Waals surface area contributed by atoms with Crippen LogP contribution in [0.25, 0.3) is 11.6 Å². The van der Waals surface area contributed by atoms with Crippen molar-refractivity contribution in [2.45, 2.75) is 26.4 Å². The Hall–Kier alpha value is -3.01. The second-order valence-electron chi connectivity index (χ2n) is 7.47. The first kappa shape index (κ1) is 21.7. The van der Waals surface area contributed by atoms with Crippen LogP contribution in [0, 0.1) is 11.3 Å². The van der Waals surface area contributed by atoms with Gasteiger partial charge in [-0.05, 0) is 57.2 Å². The maximum atomic E-state index is 13.2. The smallest absolute Gasteiger partial charge is 0.422 e. The summed E-state index contributed by atoms with van der Waals surface area (Å²) in [5.74, 6) is -0.180. The summed E-state index contributed by atoms with van der Waals surface area (Å²) in [5.41, 5.74) is 0.800. The van der Waals surface area contributed by atoms with Crippen LogP contribution in [-0.4, -0.2) is 24.2 Å². The number of imide groups is 1. The monoisotopic (exact) mass is 444 g/mol. The Kier molecular flexibility index (Phi) is 6.06. The molecule has 0 saturated carbocycles. The van der Waals surface area contributed by atoms with E-state index in [0.717, 1.165) is 4.90 Å². The molecule has 6 nitrogen and oxygen atoms in total. The number of ether oxygens (including phenoxy) is 2. The molecule has 0 radical (unpaired) electrons. The van der Waals surface area contributed by atoms with Crippen LogP contribution in [0.3, 0.4) is 0 Å². The van der Waals surface area contributed by atoms with Crippen molar-refractivity contribution < 1.29 is 19.1 Å². The third kappa shape index (κ3) is 4.59. The van der Waals surface area contributed by atoms with Crippen LogP contribution in [0.15, 0.2) is 36.4 Å². The molecular weight excluding hydrogens is 427 g/mol. The zero-order valence-corrected chi connectivity index (χ0v) is 18.0. The van der Waals surface area contributed by atoms with E-state index < -0.39 is 17.6 Å².